The molecule has 4 aliphatic rings. The first-order chi connectivity index (χ1) is 20.9. The molecule has 9 nitrogen and oxygen atoms in total. The largest absolute Gasteiger partial charge is 0.371 e. The number of likely N-dealkylation sites (N-methyl/N-ethyl adjacent to an activating group) is 1. The molecule has 0 radical (unpaired) electrons. The number of piperazine rings is 1. The van der Waals surface area contributed by atoms with E-state index in [0.717, 1.165) is 86.4 Å². The summed E-state index contributed by atoms with van der Waals surface area (Å²) in [6.07, 6.45) is 4.23. The molecule has 0 saturated carbocycles. The van der Waals surface area contributed by atoms with Gasteiger partial charge < -0.3 is 24.9 Å². The average molecular weight is 652 g/mol. The molecular weight excluding hydrogens is 608 g/mol. The van der Waals surface area contributed by atoms with Crippen molar-refractivity contribution >= 4 is 45.0 Å². The zero-order valence-electron chi connectivity index (χ0n) is 25.1. The van der Waals surface area contributed by atoms with Crippen molar-refractivity contribution in [2.45, 2.75) is 57.2 Å². The van der Waals surface area contributed by atoms with Crippen molar-refractivity contribution in [3.8, 4) is 0 Å². The van der Waals surface area contributed by atoms with Crippen LogP contribution in [0.3, 0.4) is 0 Å². The van der Waals surface area contributed by atoms with Gasteiger partial charge in [-0.15, -0.1) is 0 Å². The van der Waals surface area contributed by atoms with Gasteiger partial charge in [-0.3, -0.25) is 14.5 Å². The number of piperidine rings is 2. The number of hydrogen-bond acceptors (Lipinski definition) is 6. The lowest BCUT2D eigenvalue weighted by atomic mass is 9.99. The maximum Gasteiger partial charge on any atom is 0.322 e. The molecule has 2 aromatic carbocycles. The third-order valence-electron chi connectivity index (χ3n) is 9.81. The Morgan fingerprint density at radius 3 is 2.28 bits per heavy atom. The van der Waals surface area contributed by atoms with Gasteiger partial charge in [-0.2, -0.15) is 0 Å². The van der Waals surface area contributed by atoms with Gasteiger partial charge in [0, 0.05) is 99.6 Å². The summed E-state index contributed by atoms with van der Waals surface area (Å²) in [5, 5.41) is 2.99. The first kappa shape index (κ1) is 30.1. The number of likely N-dealkylation sites (tertiary alicyclic amines) is 1. The van der Waals surface area contributed by atoms with Gasteiger partial charge in [0.25, 0.3) is 0 Å². The van der Waals surface area contributed by atoms with Crippen LogP contribution in [0.25, 0.3) is 0 Å². The van der Waals surface area contributed by atoms with Crippen LogP contribution in [-0.2, 0) is 11.3 Å². The number of nitrogens with one attached hydrogen (secondary N) is 1. The van der Waals surface area contributed by atoms with E-state index in [9.17, 15) is 14.4 Å². The normalized spacial score (nSPS) is 21.1. The minimum atomic E-state index is -0.0682. The van der Waals surface area contributed by atoms with Crippen molar-refractivity contribution in [3.63, 3.8) is 0 Å². The third kappa shape index (κ3) is 6.91. The SMILES string of the molecule is CN1CCN(C2CCN(c3ccc(C(=O)CCC(=O)N4CCC(N5Cc6ccccc6NC5=O)CC4)cc3Br)CC2)CC1. The highest BCUT2D eigenvalue weighted by molar-refractivity contribution is 9.10. The Morgan fingerprint density at radius 1 is 0.860 bits per heavy atom. The number of amides is 3. The van der Waals surface area contributed by atoms with Gasteiger partial charge in [0.05, 0.1) is 5.69 Å². The molecule has 1 N–H and O–H groups in total. The molecule has 2 aromatic rings. The fourth-order valence-electron chi connectivity index (χ4n) is 7.06. The van der Waals surface area contributed by atoms with Gasteiger partial charge in [0.1, 0.15) is 0 Å². The van der Waals surface area contributed by atoms with Crippen LogP contribution >= 0.6 is 15.9 Å². The van der Waals surface area contributed by atoms with E-state index in [4.69, 9.17) is 0 Å². The number of hydrogen-bond donors (Lipinski definition) is 1. The zero-order valence-corrected chi connectivity index (χ0v) is 26.7. The summed E-state index contributed by atoms with van der Waals surface area (Å²) >= 11 is 3.73. The number of nitrogens with zero attached hydrogens (tertiary/aromatic N) is 5. The summed E-state index contributed by atoms with van der Waals surface area (Å²) < 4.78 is 0.939. The summed E-state index contributed by atoms with van der Waals surface area (Å²) in [5.74, 6) is 0.00654. The van der Waals surface area contributed by atoms with E-state index < -0.39 is 0 Å². The number of anilines is 2. The minimum absolute atomic E-state index is 0.00656. The van der Waals surface area contributed by atoms with Crippen molar-refractivity contribution in [1.29, 1.82) is 0 Å². The maximum absolute atomic E-state index is 13.0. The number of urea groups is 1. The molecule has 0 aliphatic carbocycles. The van der Waals surface area contributed by atoms with Crippen LogP contribution in [0.5, 0.6) is 0 Å². The molecule has 230 valence electrons. The van der Waals surface area contributed by atoms with Crippen LogP contribution in [0.4, 0.5) is 16.2 Å². The van der Waals surface area contributed by atoms with Crippen LogP contribution in [0.15, 0.2) is 46.9 Å². The highest BCUT2D eigenvalue weighted by Gasteiger charge is 2.33. The van der Waals surface area contributed by atoms with Crippen LogP contribution in [0.2, 0.25) is 0 Å². The lowest BCUT2D eigenvalue weighted by molar-refractivity contribution is -0.132. The first-order valence-electron chi connectivity index (χ1n) is 15.8. The lowest BCUT2D eigenvalue weighted by Gasteiger charge is -2.42. The summed E-state index contributed by atoms with van der Waals surface area (Å²) in [7, 11) is 2.20. The van der Waals surface area contributed by atoms with Crippen molar-refractivity contribution in [1.82, 2.24) is 19.6 Å². The second-order valence-corrected chi connectivity index (χ2v) is 13.3. The Kier molecular flexibility index (Phi) is 9.35. The van der Waals surface area contributed by atoms with Gasteiger partial charge in [-0.05, 0) is 78.5 Å². The third-order valence-corrected chi connectivity index (χ3v) is 10.4. The molecule has 0 aromatic heterocycles. The average Bonchev–Trinajstić information content (AvgIpc) is 3.03. The van der Waals surface area contributed by atoms with Crippen molar-refractivity contribution < 1.29 is 14.4 Å². The second-order valence-electron chi connectivity index (χ2n) is 12.5. The molecule has 0 atom stereocenters. The van der Waals surface area contributed by atoms with Crippen LogP contribution in [0, 0.1) is 0 Å². The fourth-order valence-corrected chi connectivity index (χ4v) is 7.69. The smallest absolute Gasteiger partial charge is 0.322 e. The summed E-state index contributed by atoms with van der Waals surface area (Å²) in [6.45, 7) is 8.47. The van der Waals surface area contributed by atoms with Gasteiger partial charge in [-0.25, -0.2) is 4.79 Å². The molecule has 4 aliphatic heterocycles. The second kappa shape index (κ2) is 13.4. The molecule has 3 amide bonds. The minimum Gasteiger partial charge on any atom is -0.371 e. The van der Waals surface area contributed by atoms with E-state index in [1.807, 2.05) is 46.2 Å². The number of para-hydroxylation sites is 1. The predicted octanol–water partition coefficient (Wildman–Crippen LogP) is 4.67. The molecule has 3 saturated heterocycles. The van der Waals surface area contributed by atoms with E-state index >= 15 is 0 Å². The van der Waals surface area contributed by atoms with Gasteiger partial charge in [-0.1, -0.05) is 18.2 Å². The number of carbonyl (C=O) groups is 3. The van der Waals surface area contributed by atoms with Crippen LogP contribution < -0.4 is 10.2 Å². The van der Waals surface area contributed by atoms with E-state index in [0.29, 0.717) is 31.2 Å². The summed E-state index contributed by atoms with van der Waals surface area (Å²) in [5.41, 5.74) is 3.78. The number of halogens is 1. The molecule has 3 fully saturated rings. The van der Waals surface area contributed by atoms with Gasteiger partial charge in [0.2, 0.25) is 5.91 Å². The van der Waals surface area contributed by atoms with Crippen molar-refractivity contribution in [2.24, 2.45) is 0 Å². The number of benzene rings is 2. The molecule has 10 heteroatoms. The summed E-state index contributed by atoms with van der Waals surface area (Å²) in [6, 6.07) is 14.5. The van der Waals surface area contributed by atoms with E-state index in [1.54, 1.807) is 0 Å². The molecule has 6 rings (SSSR count). The molecule has 0 spiro atoms. The highest BCUT2D eigenvalue weighted by atomic mass is 79.9. The molecule has 4 heterocycles. The zero-order chi connectivity index (χ0) is 29.9. The highest BCUT2D eigenvalue weighted by Crippen LogP contribution is 2.32. The first-order valence-corrected chi connectivity index (χ1v) is 16.6. The number of fused-ring (bicyclic) bond motifs is 1. The number of carbonyl (C=O) groups excluding carboxylic acids is 3. The Morgan fingerprint density at radius 2 is 1.56 bits per heavy atom. The van der Waals surface area contributed by atoms with Crippen molar-refractivity contribution in [2.75, 3.05) is 69.6 Å². The Bertz CT molecular complexity index is 1330. The van der Waals surface area contributed by atoms with Crippen LogP contribution in [-0.4, -0.2) is 109 Å². The maximum atomic E-state index is 13.0. The monoisotopic (exact) mass is 650 g/mol. The van der Waals surface area contributed by atoms with Crippen LogP contribution in [0.1, 0.15) is 54.4 Å². The topological polar surface area (TPSA) is 79.4 Å². The quantitative estimate of drug-likeness (QED) is 0.439. The molecule has 0 bridgehead atoms. The molecule has 0 unspecified atom stereocenters. The Hall–Kier alpha value is -2.95. The molecular formula is C33H43BrN6O3. The van der Waals surface area contributed by atoms with Crippen molar-refractivity contribution in [3.05, 3.63) is 58.1 Å². The van der Waals surface area contributed by atoms with E-state index in [-0.39, 0.29) is 36.6 Å². The Balaban J connectivity index is 0.949. The predicted molar refractivity (Wildman–Crippen MR) is 173 cm³/mol. The van der Waals surface area contributed by atoms with E-state index in [2.05, 4.69) is 49.1 Å². The van der Waals surface area contributed by atoms with E-state index in [1.165, 1.54) is 0 Å². The lowest BCUT2D eigenvalue weighted by Crippen LogP contribution is -2.52. The van der Waals surface area contributed by atoms with Gasteiger partial charge in [0.15, 0.2) is 5.78 Å². The number of rotatable bonds is 7. The van der Waals surface area contributed by atoms with Gasteiger partial charge >= 0.3 is 6.03 Å². The standard InChI is InChI=1S/C33H43BrN6O3/c1-36-18-20-37(21-19-36)26-10-14-38(15-11-26)30-7-6-24(22-28(30)34)31(41)8-9-32(42)39-16-12-27(13-17-39)40-23-25-4-2-3-5-29(25)35-33(40)43/h2-7,22,26-27H,8-21,23H2,1H3,(H,35,43). The fraction of sp³-hybridized carbons (Fsp3) is 0.545. The summed E-state index contributed by atoms with van der Waals surface area (Å²) in [4.78, 5) is 49.9. The number of Topliss-reactive ketones (excluding diaryl/α,β-unsaturated/α-hetero) is 1. The molecule has 43 heavy (non-hydrogen) atoms. The number of ketones is 1. The Labute approximate surface area is 263 Å².